The van der Waals surface area contributed by atoms with Crippen LogP contribution in [-0.2, 0) is 21.3 Å². The van der Waals surface area contributed by atoms with E-state index >= 15 is 0 Å². The Bertz CT molecular complexity index is 1250. The first-order chi connectivity index (χ1) is 15.9. The largest absolute Gasteiger partial charge is 0.496 e. The van der Waals surface area contributed by atoms with Crippen LogP contribution in [-0.4, -0.2) is 62.2 Å². The Labute approximate surface area is 193 Å². The number of hydrogen-bond acceptors (Lipinski definition) is 6. The summed E-state index contributed by atoms with van der Waals surface area (Å²) < 4.78 is 41.4. The lowest BCUT2D eigenvalue weighted by atomic mass is 10.1. The van der Waals surface area contributed by atoms with E-state index < -0.39 is 10.0 Å². The monoisotopic (exact) mass is 470 g/mol. The highest BCUT2D eigenvalue weighted by atomic mass is 32.2. The molecule has 3 aromatic rings. The third kappa shape index (κ3) is 4.92. The second-order valence-electron chi connectivity index (χ2n) is 7.56. The Balaban J connectivity index is 1.58. The third-order valence-corrected chi connectivity index (χ3v) is 6.94. The van der Waals surface area contributed by atoms with Crippen LogP contribution in [0, 0.1) is 6.92 Å². The number of imidazole rings is 1. The molecule has 0 spiro atoms. The number of aryl methyl sites for hydroxylation is 1. The van der Waals surface area contributed by atoms with Gasteiger partial charge < -0.3 is 18.9 Å². The molecule has 2 aromatic carbocycles. The predicted octanol–water partition coefficient (Wildman–Crippen LogP) is 2.14. The van der Waals surface area contributed by atoms with E-state index in [0.717, 1.165) is 17.1 Å². The van der Waals surface area contributed by atoms with Crippen LogP contribution < -0.4 is 9.46 Å². The molecule has 4 rings (SSSR count). The Morgan fingerprint density at radius 1 is 1.18 bits per heavy atom. The number of methoxy groups -OCH3 is 1. The molecule has 0 unspecified atom stereocenters. The first-order valence-electron chi connectivity index (χ1n) is 10.5. The number of ether oxygens (including phenoxy) is 2. The van der Waals surface area contributed by atoms with Crippen LogP contribution >= 0.6 is 0 Å². The molecule has 0 radical (unpaired) electrons. The molecule has 0 atom stereocenters. The molecule has 0 bridgehead atoms. The zero-order chi connectivity index (χ0) is 23.4. The van der Waals surface area contributed by atoms with Gasteiger partial charge in [-0.25, -0.2) is 18.1 Å². The fourth-order valence-electron chi connectivity index (χ4n) is 3.74. The SMILES string of the molecule is COc1ccc(S(=O)(=O)NCc2ccccc2-n2ccnc2C)cc1C(=O)N1CCOCC1. The number of nitrogens with one attached hydrogen (secondary N) is 1. The highest BCUT2D eigenvalue weighted by molar-refractivity contribution is 7.89. The van der Waals surface area contributed by atoms with Gasteiger partial charge in [-0.1, -0.05) is 18.2 Å². The number of carbonyl (C=O) groups excluding carboxylic acids is 1. The molecule has 0 saturated carbocycles. The van der Waals surface area contributed by atoms with Gasteiger partial charge in [-0.05, 0) is 36.8 Å². The molecule has 1 amide bonds. The first kappa shape index (κ1) is 23.0. The maximum absolute atomic E-state index is 13.1. The quantitative estimate of drug-likeness (QED) is 0.568. The van der Waals surface area contributed by atoms with Crippen LogP contribution in [0.25, 0.3) is 5.69 Å². The van der Waals surface area contributed by atoms with E-state index in [0.29, 0.717) is 32.1 Å². The number of benzene rings is 2. The Hall–Kier alpha value is -3.21. The number of morpholine rings is 1. The summed E-state index contributed by atoms with van der Waals surface area (Å²) >= 11 is 0. The topological polar surface area (TPSA) is 103 Å². The normalized spacial score (nSPS) is 14.3. The average Bonchev–Trinajstić information content (AvgIpc) is 3.28. The van der Waals surface area contributed by atoms with Crippen LogP contribution in [0.3, 0.4) is 0 Å². The van der Waals surface area contributed by atoms with Crippen molar-refractivity contribution in [3.63, 3.8) is 0 Å². The number of carbonyl (C=O) groups is 1. The van der Waals surface area contributed by atoms with E-state index in [1.54, 1.807) is 11.1 Å². The molecular weight excluding hydrogens is 444 g/mol. The molecule has 33 heavy (non-hydrogen) atoms. The number of rotatable bonds is 7. The first-order valence-corrected chi connectivity index (χ1v) is 12.0. The Kier molecular flexibility index (Phi) is 6.77. The lowest BCUT2D eigenvalue weighted by Gasteiger charge is -2.27. The number of hydrogen-bond donors (Lipinski definition) is 1. The van der Waals surface area contributed by atoms with Crippen LogP contribution in [0.15, 0.2) is 59.8 Å². The molecule has 174 valence electrons. The van der Waals surface area contributed by atoms with Crippen molar-refractivity contribution in [3.05, 3.63) is 71.8 Å². The number of para-hydroxylation sites is 1. The van der Waals surface area contributed by atoms with Crippen LogP contribution in [0.4, 0.5) is 0 Å². The minimum absolute atomic E-state index is 0.00352. The minimum atomic E-state index is -3.89. The fourth-order valence-corrected chi connectivity index (χ4v) is 4.77. The predicted molar refractivity (Wildman–Crippen MR) is 122 cm³/mol. The summed E-state index contributed by atoms with van der Waals surface area (Å²) in [7, 11) is -2.44. The van der Waals surface area contributed by atoms with E-state index in [1.807, 2.05) is 42.0 Å². The molecule has 1 aliphatic rings. The lowest BCUT2D eigenvalue weighted by molar-refractivity contribution is 0.0300. The van der Waals surface area contributed by atoms with Crippen molar-refractivity contribution in [2.75, 3.05) is 33.4 Å². The maximum Gasteiger partial charge on any atom is 0.257 e. The molecule has 1 aromatic heterocycles. The summed E-state index contributed by atoms with van der Waals surface area (Å²) in [4.78, 5) is 18.9. The molecule has 1 N–H and O–H groups in total. The zero-order valence-electron chi connectivity index (χ0n) is 18.5. The van der Waals surface area contributed by atoms with Gasteiger partial charge >= 0.3 is 0 Å². The van der Waals surface area contributed by atoms with E-state index in [1.165, 1.54) is 25.3 Å². The molecule has 10 heteroatoms. The van der Waals surface area contributed by atoms with Crippen molar-refractivity contribution in [2.45, 2.75) is 18.4 Å². The van der Waals surface area contributed by atoms with Gasteiger partial charge in [0.05, 0.1) is 36.5 Å². The summed E-state index contributed by atoms with van der Waals surface area (Å²) in [5, 5.41) is 0. The molecule has 2 heterocycles. The van der Waals surface area contributed by atoms with Gasteiger partial charge in [0.25, 0.3) is 5.91 Å². The van der Waals surface area contributed by atoms with Crippen molar-refractivity contribution in [1.29, 1.82) is 0 Å². The summed E-state index contributed by atoms with van der Waals surface area (Å²) in [6, 6.07) is 11.8. The van der Waals surface area contributed by atoms with Crippen LogP contribution in [0.2, 0.25) is 0 Å². The number of sulfonamides is 1. The maximum atomic E-state index is 13.1. The third-order valence-electron chi connectivity index (χ3n) is 5.54. The Morgan fingerprint density at radius 3 is 2.64 bits per heavy atom. The van der Waals surface area contributed by atoms with Crippen molar-refractivity contribution in [1.82, 2.24) is 19.2 Å². The molecule has 1 aliphatic heterocycles. The van der Waals surface area contributed by atoms with Gasteiger partial charge in [0.2, 0.25) is 10.0 Å². The molecule has 1 fully saturated rings. The summed E-state index contributed by atoms with van der Waals surface area (Å²) in [5.74, 6) is 0.839. The summed E-state index contributed by atoms with van der Waals surface area (Å²) in [6.45, 7) is 3.75. The van der Waals surface area contributed by atoms with Crippen molar-refractivity contribution in [2.24, 2.45) is 0 Å². The minimum Gasteiger partial charge on any atom is -0.496 e. The van der Waals surface area contributed by atoms with Gasteiger partial charge in [-0.15, -0.1) is 0 Å². The van der Waals surface area contributed by atoms with Gasteiger partial charge in [0, 0.05) is 32.0 Å². The summed E-state index contributed by atoms with van der Waals surface area (Å²) in [5.41, 5.74) is 1.84. The highest BCUT2D eigenvalue weighted by Crippen LogP contribution is 2.25. The highest BCUT2D eigenvalue weighted by Gasteiger charge is 2.25. The molecule has 9 nitrogen and oxygen atoms in total. The molecule has 1 saturated heterocycles. The van der Waals surface area contributed by atoms with Crippen molar-refractivity contribution in [3.8, 4) is 11.4 Å². The van der Waals surface area contributed by atoms with E-state index in [-0.39, 0.29) is 22.9 Å². The fraction of sp³-hybridized carbons (Fsp3) is 0.304. The van der Waals surface area contributed by atoms with E-state index in [9.17, 15) is 13.2 Å². The number of nitrogens with zero attached hydrogens (tertiary/aromatic N) is 3. The van der Waals surface area contributed by atoms with Gasteiger partial charge in [-0.3, -0.25) is 4.79 Å². The van der Waals surface area contributed by atoms with Gasteiger partial charge in [0.1, 0.15) is 11.6 Å². The van der Waals surface area contributed by atoms with E-state index in [4.69, 9.17) is 9.47 Å². The summed E-state index contributed by atoms with van der Waals surface area (Å²) in [6.07, 6.45) is 3.52. The lowest BCUT2D eigenvalue weighted by Crippen LogP contribution is -2.40. The number of amides is 1. The number of aromatic nitrogens is 2. The second-order valence-corrected chi connectivity index (χ2v) is 9.33. The van der Waals surface area contributed by atoms with Crippen LogP contribution in [0.5, 0.6) is 5.75 Å². The average molecular weight is 471 g/mol. The van der Waals surface area contributed by atoms with Crippen LogP contribution in [0.1, 0.15) is 21.7 Å². The Morgan fingerprint density at radius 2 is 1.94 bits per heavy atom. The van der Waals surface area contributed by atoms with Crippen molar-refractivity contribution < 1.29 is 22.7 Å². The van der Waals surface area contributed by atoms with Crippen molar-refractivity contribution >= 4 is 15.9 Å². The van der Waals surface area contributed by atoms with E-state index in [2.05, 4.69) is 9.71 Å². The second kappa shape index (κ2) is 9.74. The van der Waals surface area contributed by atoms with Gasteiger partial charge in [-0.2, -0.15) is 0 Å². The van der Waals surface area contributed by atoms with Gasteiger partial charge in [0.15, 0.2) is 0 Å². The smallest absolute Gasteiger partial charge is 0.257 e. The zero-order valence-corrected chi connectivity index (χ0v) is 19.3. The standard InChI is InChI=1S/C23H26N4O5S/c1-17-24-9-10-27(17)21-6-4-3-5-18(21)16-25-33(29,30)19-7-8-22(31-2)20(15-19)23(28)26-11-13-32-14-12-26/h3-10,15,25H,11-14,16H2,1-2H3. The molecule has 0 aliphatic carbocycles. The molecular formula is C23H26N4O5S.